The summed E-state index contributed by atoms with van der Waals surface area (Å²) in [6, 6.07) is 53.2. The van der Waals surface area contributed by atoms with Crippen LogP contribution in [0.25, 0.3) is 76.7 Å². The quantitative estimate of drug-likeness (QED) is 0.212. The van der Waals surface area contributed by atoms with E-state index in [-0.39, 0.29) is 0 Å². The molecular weight excluding hydrogens is 508 g/mol. The highest BCUT2D eigenvalue weighted by molar-refractivity contribution is 6.18. The number of rotatable bonds is 3. The smallest absolute Gasteiger partial charge is 0.0991 e. The van der Waals surface area contributed by atoms with E-state index in [9.17, 15) is 5.26 Å². The SMILES string of the molecule is N#Cc1cccc(-c2cc3c(-c4cccc5ccccc45)cc(-c4cccc5ccccc45)nc3c3ccccc23)c1. The average Bonchev–Trinajstić information content (AvgIpc) is 3.07. The van der Waals surface area contributed by atoms with Crippen LogP contribution in [0.4, 0.5) is 0 Å². The van der Waals surface area contributed by atoms with Crippen LogP contribution in [0.2, 0.25) is 0 Å². The van der Waals surface area contributed by atoms with E-state index in [1.807, 2.05) is 18.2 Å². The number of pyridine rings is 1. The van der Waals surface area contributed by atoms with Gasteiger partial charge in [0, 0.05) is 16.3 Å². The molecule has 0 fully saturated rings. The van der Waals surface area contributed by atoms with Gasteiger partial charge in [0.25, 0.3) is 0 Å². The van der Waals surface area contributed by atoms with Crippen molar-refractivity contribution in [3.05, 3.63) is 151 Å². The van der Waals surface area contributed by atoms with Gasteiger partial charge in [0.2, 0.25) is 0 Å². The van der Waals surface area contributed by atoms with Crippen molar-refractivity contribution < 1.29 is 0 Å². The van der Waals surface area contributed by atoms with Gasteiger partial charge >= 0.3 is 0 Å². The molecule has 1 heterocycles. The Balaban J connectivity index is 1.54. The molecule has 0 saturated heterocycles. The van der Waals surface area contributed by atoms with E-state index in [1.54, 1.807) is 0 Å². The van der Waals surface area contributed by atoms with E-state index in [1.165, 1.54) is 27.1 Å². The van der Waals surface area contributed by atoms with Crippen molar-refractivity contribution >= 4 is 43.2 Å². The number of hydrogen-bond donors (Lipinski definition) is 0. The van der Waals surface area contributed by atoms with Gasteiger partial charge in [0.05, 0.1) is 22.8 Å². The fraction of sp³-hybridized carbons (Fsp3) is 0. The molecule has 8 aromatic rings. The Morgan fingerprint density at radius 3 is 1.76 bits per heavy atom. The molecule has 194 valence electrons. The Labute approximate surface area is 243 Å². The van der Waals surface area contributed by atoms with E-state index >= 15 is 0 Å². The number of fused-ring (bicyclic) bond motifs is 5. The van der Waals surface area contributed by atoms with Crippen LogP contribution in [0.1, 0.15) is 5.56 Å². The van der Waals surface area contributed by atoms with E-state index in [2.05, 4.69) is 133 Å². The summed E-state index contributed by atoms with van der Waals surface area (Å²) in [5.41, 5.74) is 8.12. The highest BCUT2D eigenvalue weighted by atomic mass is 14.7. The summed E-state index contributed by atoms with van der Waals surface area (Å²) in [7, 11) is 0. The summed E-state index contributed by atoms with van der Waals surface area (Å²) in [4.78, 5) is 5.41. The van der Waals surface area contributed by atoms with Crippen LogP contribution < -0.4 is 0 Å². The molecule has 0 N–H and O–H groups in total. The Morgan fingerprint density at radius 2 is 1.02 bits per heavy atom. The molecule has 0 aliphatic rings. The summed E-state index contributed by atoms with van der Waals surface area (Å²) >= 11 is 0. The molecule has 0 radical (unpaired) electrons. The first-order valence-electron chi connectivity index (χ1n) is 14.1. The van der Waals surface area contributed by atoms with Gasteiger partial charge in [-0.15, -0.1) is 0 Å². The van der Waals surface area contributed by atoms with Gasteiger partial charge in [0.15, 0.2) is 0 Å². The minimum Gasteiger partial charge on any atom is -0.247 e. The van der Waals surface area contributed by atoms with Gasteiger partial charge in [-0.3, -0.25) is 0 Å². The maximum Gasteiger partial charge on any atom is 0.0991 e. The predicted octanol–water partition coefficient (Wildman–Crippen LogP) is 10.6. The zero-order chi connectivity index (χ0) is 28.0. The van der Waals surface area contributed by atoms with Crippen LogP contribution in [-0.4, -0.2) is 4.98 Å². The molecular formula is C40H24N2. The van der Waals surface area contributed by atoms with Crippen molar-refractivity contribution in [2.24, 2.45) is 0 Å². The monoisotopic (exact) mass is 532 g/mol. The fourth-order valence-electron chi connectivity index (χ4n) is 6.32. The van der Waals surface area contributed by atoms with Crippen molar-refractivity contribution in [2.75, 3.05) is 0 Å². The van der Waals surface area contributed by atoms with Gasteiger partial charge in [-0.2, -0.15) is 5.26 Å². The topological polar surface area (TPSA) is 36.7 Å². The highest BCUT2D eigenvalue weighted by Crippen LogP contribution is 2.42. The number of aromatic nitrogens is 1. The first-order valence-corrected chi connectivity index (χ1v) is 14.1. The molecule has 1 aromatic heterocycles. The molecule has 0 aliphatic carbocycles. The number of nitrogens with zero attached hydrogens (tertiary/aromatic N) is 2. The lowest BCUT2D eigenvalue weighted by Gasteiger charge is -2.17. The average molecular weight is 533 g/mol. The van der Waals surface area contributed by atoms with Crippen molar-refractivity contribution in [3.8, 4) is 39.6 Å². The largest absolute Gasteiger partial charge is 0.247 e. The zero-order valence-corrected chi connectivity index (χ0v) is 22.8. The molecule has 0 atom stereocenters. The fourth-order valence-corrected chi connectivity index (χ4v) is 6.32. The summed E-state index contributed by atoms with van der Waals surface area (Å²) in [5, 5.41) is 17.7. The summed E-state index contributed by atoms with van der Waals surface area (Å²) in [6.45, 7) is 0. The molecule has 0 amide bonds. The summed E-state index contributed by atoms with van der Waals surface area (Å²) in [6.07, 6.45) is 0. The molecule has 0 bridgehead atoms. The third-order valence-corrected chi connectivity index (χ3v) is 8.27. The van der Waals surface area contributed by atoms with Crippen molar-refractivity contribution in [2.45, 2.75) is 0 Å². The van der Waals surface area contributed by atoms with Crippen LogP contribution in [0.3, 0.4) is 0 Å². The van der Waals surface area contributed by atoms with E-state index in [4.69, 9.17) is 4.98 Å². The van der Waals surface area contributed by atoms with Crippen molar-refractivity contribution in [1.29, 1.82) is 5.26 Å². The Kier molecular flexibility index (Phi) is 5.55. The lowest BCUT2D eigenvalue weighted by atomic mass is 9.89. The predicted molar refractivity (Wildman–Crippen MR) is 175 cm³/mol. The second kappa shape index (κ2) is 9.70. The maximum atomic E-state index is 9.64. The first kappa shape index (κ1) is 24.1. The van der Waals surface area contributed by atoms with Gasteiger partial charge < -0.3 is 0 Å². The molecule has 0 aliphatic heterocycles. The van der Waals surface area contributed by atoms with Crippen LogP contribution in [0.15, 0.2) is 146 Å². The normalized spacial score (nSPS) is 11.3. The van der Waals surface area contributed by atoms with Gasteiger partial charge in [-0.25, -0.2) is 4.98 Å². The Hall–Kier alpha value is -5.78. The van der Waals surface area contributed by atoms with E-state index in [0.717, 1.165) is 49.6 Å². The zero-order valence-electron chi connectivity index (χ0n) is 22.8. The second-order valence-electron chi connectivity index (χ2n) is 10.7. The lowest BCUT2D eigenvalue weighted by Crippen LogP contribution is -1.94. The van der Waals surface area contributed by atoms with Crippen LogP contribution in [0, 0.1) is 11.3 Å². The van der Waals surface area contributed by atoms with Crippen LogP contribution in [0.5, 0.6) is 0 Å². The Morgan fingerprint density at radius 1 is 0.429 bits per heavy atom. The van der Waals surface area contributed by atoms with Gasteiger partial charge in [0.1, 0.15) is 0 Å². The maximum absolute atomic E-state index is 9.64. The first-order chi connectivity index (χ1) is 20.8. The molecule has 0 spiro atoms. The molecule has 0 unspecified atom stereocenters. The second-order valence-corrected chi connectivity index (χ2v) is 10.7. The lowest BCUT2D eigenvalue weighted by molar-refractivity contribution is 1.42. The summed E-state index contributed by atoms with van der Waals surface area (Å²) in [5.74, 6) is 0. The minimum atomic E-state index is 0.649. The third kappa shape index (κ3) is 3.84. The van der Waals surface area contributed by atoms with Crippen molar-refractivity contribution in [3.63, 3.8) is 0 Å². The highest BCUT2D eigenvalue weighted by Gasteiger charge is 2.18. The molecule has 7 aromatic carbocycles. The molecule has 42 heavy (non-hydrogen) atoms. The van der Waals surface area contributed by atoms with E-state index < -0.39 is 0 Å². The Bertz CT molecular complexity index is 2370. The molecule has 8 rings (SSSR count). The van der Waals surface area contributed by atoms with Gasteiger partial charge in [-0.05, 0) is 73.5 Å². The molecule has 2 heteroatoms. The number of hydrogen-bond acceptors (Lipinski definition) is 2. The van der Waals surface area contributed by atoms with Crippen LogP contribution in [-0.2, 0) is 0 Å². The van der Waals surface area contributed by atoms with E-state index in [0.29, 0.717) is 5.56 Å². The molecule has 2 nitrogen and oxygen atoms in total. The van der Waals surface area contributed by atoms with Gasteiger partial charge in [-0.1, -0.05) is 121 Å². The third-order valence-electron chi connectivity index (χ3n) is 8.27. The van der Waals surface area contributed by atoms with Crippen molar-refractivity contribution in [1.82, 2.24) is 4.98 Å². The molecule has 0 saturated carbocycles. The number of nitriles is 1. The standard InChI is InChI=1S/C40H24N2/c41-25-26-10-7-15-29(22-26)36-23-38-37(32-20-8-13-27-11-1-3-16-30(27)32)24-39(42-40(38)35-19-6-5-18-33(35)36)34-21-9-14-28-12-2-4-17-31(28)34/h1-24H. The summed E-state index contributed by atoms with van der Waals surface area (Å²) < 4.78 is 0. The minimum absolute atomic E-state index is 0.649. The van der Waals surface area contributed by atoms with Crippen LogP contribution >= 0.6 is 0 Å². The number of benzene rings is 7.